The third-order valence-corrected chi connectivity index (χ3v) is 5.63. The average Bonchev–Trinajstić information content (AvgIpc) is 2.59. The molecule has 1 amide bonds. The van der Waals surface area contributed by atoms with Crippen LogP contribution in [0.3, 0.4) is 0 Å². The summed E-state index contributed by atoms with van der Waals surface area (Å²) in [5, 5.41) is 0.553. The number of ether oxygens (including phenoxy) is 1. The van der Waals surface area contributed by atoms with E-state index >= 15 is 0 Å². The molecule has 0 aromatic carbocycles. The molecule has 0 bridgehead atoms. The maximum absolute atomic E-state index is 12.3. The van der Waals surface area contributed by atoms with E-state index in [1.54, 1.807) is 7.11 Å². The fourth-order valence-corrected chi connectivity index (χ4v) is 4.43. The summed E-state index contributed by atoms with van der Waals surface area (Å²) in [5.41, 5.74) is 1.26. The minimum Gasteiger partial charge on any atom is -0.385 e. The van der Waals surface area contributed by atoms with Crippen LogP contribution in [0.15, 0.2) is 18.2 Å². The molecule has 25 heavy (non-hydrogen) atoms. The fraction of sp³-hybridized carbons (Fsp3) is 0.684. The van der Waals surface area contributed by atoms with Gasteiger partial charge in [-0.3, -0.25) is 9.69 Å². The van der Waals surface area contributed by atoms with E-state index in [1.165, 1.54) is 12.8 Å². The molecule has 0 unspecified atom stereocenters. The predicted molar refractivity (Wildman–Crippen MR) is 98.5 cm³/mol. The van der Waals surface area contributed by atoms with E-state index in [9.17, 15) is 4.79 Å². The van der Waals surface area contributed by atoms with E-state index in [0.717, 1.165) is 51.3 Å². The molecule has 1 aromatic heterocycles. The average molecular weight is 366 g/mol. The first-order valence-corrected chi connectivity index (χ1v) is 9.59. The SMILES string of the molecule is COCCCN1C[C@@]2(CCCN(Cc3cccc(Cl)n3)C2)CCC1=O. The first-order chi connectivity index (χ1) is 12.1. The lowest BCUT2D eigenvalue weighted by molar-refractivity contribution is -0.139. The molecular formula is C19H28ClN3O2. The zero-order chi connectivity index (χ0) is 17.7. The van der Waals surface area contributed by atoms with E-state index in [4.69, 9.17) is 16.3 Å². The lowest BCUT2D eigenvalue weighted by Crippen LogP contribution is -2.54. The van der Waals surface area contributed by atoms with Gasteiger partial charge in [0.2, 0.25) is 5.91 Å². The van der Waals surface area contributed by atoms with Crippen molar-refractivity contribution >= 4 is 17.5 Å². The van der Waals surface area contributed by atoms with E-state index in [1.807, 2.05) is 18.2 Å². The van der Waals surface area contributed by atoms with E-state index in [2.05, 4.69) is 14.8 Å². The van der Waals surface area contributed by atoms with Gasteiger partial charge in [0.1, 0.15) is 5.15 Å². The maximum Gasteiger partial charge on any atom is 0.222 e. The van der Waals surface area contributed by atoms with Crippen molar-refractivity contribution in [3.63, 3.8) is 0 Å². The molecule has 2 aliphatic heterocycles. The van der Waals surface area contributed by atoms with Crippen LogP contribution in [0.2, 0.25) is 5.15 Å². The number of likely N-dealkylation sites (tertiary alicyclic amines) is 2. The highest BCUT2D eigenvalue weighted by atomic mass is 35.5. The van der Waals surface area contributed by atoms with Crippen LogP contribution in [-0.4, -0.2) is 60.6 Å². The minimum atomic E-state index is 0.234. The Hall–Kier alpha value is -1.17. The number of methoxy groups -OCH3 is 1. The number of carbonyl (C=O) groups is 1. The van der Waals surface area contributed by atoms with Gasteiger partial charge in [-0.2, -0.15) is 0 Å². The number of aromatic nitrogens is 1. The quantitative estimate of drug-likeness (QED) is 0.574. The van der Waals surface area contributed by atoms with Gasteiger partial charge in [-0.15, -0.1) is 0 Å². The van der Waals surface area contributed by atoms with Gasteiger partial charge in [0.25, 0.3) is 0 Å². The molecule has 2 aliphatic rings. The van der Waals surface area contributed by atoms with Gasteiger partial charge in [0.15, 0.2) is 0 Å². The zero-order valence-electron chi connectivity index (χ0n) is 15.0. The lowest BCUT2D eigenvalue weighted by atomic mass is 9.73. The number of rotatable bonds is 6. The molecule has 1 aromatic rings. The standard InChI is InChI=1S/C19H28ClN3O2/c1-25-12-4-11-23-15-19(9-7-18(23)24)8-3-10-22(14-19)13-16-5-2-6-17(20)21-16/h2,5-6H,3-4,7-15H2,1H3/t19-/m0/s1. The van der Waals surface area contributed by atoms with Crippen LogP contribution < -0.4 is 0 Å². The zero-order valence-corrected chi connectivity index (χ0v) is 15.8. The first kappa shape index (κ1) is 18.6. The summed E-state index contributed by atoms with van der Waals surface area (Å²) in [7, 11) is 1.71. The number of hydrogen-bond donors (Lipinski definition) is 0. The Balaban J connectivity index is 1.61. The van der Waals surface area contributed by atoms with Crippen molar-refractivity contribution in [2.24, 2.45) is 5.41 Å². The summed E-state index contributed by atoms with van der Waals surface area (Å²) < 4.78 is 5.13. The molecular weight excluding hydrogens is 338 g/mol. The Kier molecular flexibility index (Phi) is 6.31. The second-order valence-corrected chi connectivity index (χ2v) is 7.81. The molecule has 0 aliphatic carbocycles. The predicted octanol–water partition coefficient (Wildman–Crippen LogP) is 2.98. The third-order valence-electron chi connectivity index (χ3n) is 5.42. The summed E-state index contributed by atoms with van der Waals surface area (Å²) >= 11 is 6.02. The molecule has 0 saturated carbocycles. The molecule has 5 nitrogen and oxygen atoms in total. The van der Waals surface area contributed by atoms with Crippen LogP contribution >= 0.6 is 11.6 Å². The molecule has 1 atom stereocenters. The van der Waals surface area contributed by atoms with Crippen molar-refractivity contribution in [3.8, 4) is 0 Å². The Morgan fingerprint density at radius 3 is 3.00 bits per heavy atom. The second kappa shape index (κ2) is 8.47. The van der Waals surface area contributed by atoms with Crippen molar-refractivity contribution in [1.82, 2.24) is 14.8 Å². The molecule has 6 heteroatoms. The van der Waals surface area contributed by atoms with Crippen molar-refractivity contribution in [1.29, 1.82) is 0 Å². The largest absolute Gasteiger partial charge is 0.385 e. The van der Waals surface area contributed by atoms with E-state index in [-0.39, 0.29) is 5.41 Å². The van der Waals surface area contributed by atoms with Gasteiger partial charge in [-0.05, 0) is 44.4 Å². The van der Waals surface area contributed by atoms with Crippen LogP contribution in [0.1, 0.15) is 37.8 Å². The second-order valence-electron chi connectivity index (χ2n) is 7.43. The summed E-state index contributed by atoms with van der Waals surface area (Å²) in [6.07, 6.45) is 4.98. The summed E-state index contributed by atoms with van der Waals surface area (Å²) in [5.74, 6) is 0.301. The number of amides is 1. The van der Waals surface area contributed by atoms with Gasteiger partial charge < -0.3 is 9.64 Å². The van der Waals surface area contributed by atoms with Crippen LogP contribution in [0.25, 0.3) is 0 Å². The summed E-state index contributed by atoms with van der Waals surface area (Å²) in [6.45, 7) is 5.37. The molecule has 3 rings (SSSR count). The van der Waals surface area contributed by atoms with Crippen LogP contribution in [0.4, 0.5) is 0 Å². The first-order valence-electron chi connectivity index (χ1n) is 9.21. The maximum atomic E-state index is 12.3. The number of halogens is 1. The molecule has 138 valence electrons. The summed E-state index contributed by atoms with van der Waals surface area (Å²) in [4.78, 5) is 21.2. The Bertz CT molecular complexity index is 598. The van der Waals surface area contributed by atoms with Crippen molar-refractivity contribution in [2.75, 3.05) is 39.9 Å². The number of hydrogen-bond acceptors (Lipinski definition) is 4. The van der Waals surface area contributed by atoms with Crippen molar-refractivity contribution in [3.05, 3.63) is 29.0 Å². The number of nitrogens with zero attached hydrogens (tertiary/aromatic N) is 3. The van der Waals surface area contributed by atoms with Crippen LogP contribution in [0, 0.1) is 5.41 Å². The third kappa shape index (κ3) is 4.93. The van der Waals surface area contributed by atoms with Crippen molar-refractivity contribution < 1.29 is 9.53 Å². The van der Waals surface area contributed by atoms with Gasteiger partial charge in [0, 0.05) is 51.7 Å². The Labute approximate surface area is 155 Å². The minimum absolute atomic E-state index is 0.234. The van der Waals surface area contributed by atoms with Gasteiger partial charge in [-0.1, -0.05) is 17.7 Å². The van der Waals surface area contributed by atoms with E-state index < -0.39 is 0 Å². The van der Waals surface area contributed by atoms with Crippen molar-refractivity contribution in [2.45, 2.75) is 38.6 Å². The molecule has 2 saturated heterocycles. The smallest absolute Gasteiger partial charge is 0.222 e. The number of piperidine rings is 2. The molecule has 0 radical (unpaired) electrons. The number of pyridine rings is 1. The monoisotopic (exact) mass is 365 g/mol. The van der Waals surface area contributed by atoms with E-state index in [0.29, 0.717) is 24.1 Å². The van der Waals surface area contributed by atoms with Crippen LogP contribution in [0.5, 0.6) is 0 Å². The molecule has 1 spiro atoms. The van der Waals surface area contributed by atoms with Gasteiger partial charge >= 0.3 is 0 Å². The molecule has 2 fully saturated rings. The highest BCUT2D eigenvalue weighted by Gasteiger charge is 2.41. The lowest BCUT2D eigenvalue weighted by Gasteiger charge is -2.48. The topological polar surface area (TPSA) is 45.7 Å². The Morgan fingerprint density at radius 2 is 2.20 bits per heavy atom. The number of carbonyl (C=O) groups excluding carboxylic acids is 1. The summed E-state index contributed by atoms with van der Waals surface area (Å²) in [6, 6.07) is 5.81. The normalized spacial score (nSPS) is 24.9. The van der Waals surface area contributed by atoms with Gasteiger partial charge in [-0.25, -0.2) is 4.98 Å². The van der Waals surface area contributed by atoms with Gasteiger partial charge in [0.05, 0.1) is 5.69 Å². The molecule has 0 N–H and O–H groups in total. The highest BCUT2D eigenvalue weighted by molar-refractivity contribution is 6.29. The fourth-order valence-electron chi connectivity index (χ4n) is 4.25. The molecule has 3 heterocycles. The highest BCUT2D eigenvalue weighted by Crippen LogP contribution is 2.39. The Morgan fingerprint density at radius 1 is 1.32 bits per heavy atom. The van der Waals surface area contributed by atoms with Crippen LogP contribution in [-0.2, 0) is 16.1 Å².